The summed E-state index contributed by atoms with van der Waals surface area (Å²) in [5.74, 6) is -1.49. The zero-order valence-electron chi connectivity index (χ0n) is 14.2. The fraction of sp³-hybridized carbons (Fsp3) is 0.200. The zero-order chi connectivity index (χ0) is 18.7. The van der Waals surface area contributed by atoms with Crippen molar-refractivity contribution in [3.8, 4) is 0 Å². The number of aliphatic hydroxyl groups is 1. The maximum absolute atomic E-state index is 12.7. The number of aliphatic hydroxyl groups excluding tert-OH is 1. The van der Waals surface area contributed by atoms with Gasteiger partial charge in [-0.3, -0.25) is 9.59 Å². The number of hydrogen-bond donors (Lipinski definition) is 1. The van der Waals surface area contributed by atoms with Crippen LogP contribution >= 0.6 is 15.9 Å². The minimum atomic E-state index is -0.688. The molecule has 134 valence electrons. The zero-order valence-corrected chi connectivity index (χ0v) is 15.8. The van der Waals surface area contributed by atoms with Crippen LogP contribution in [0.5, 0.6) is 0 Å². The molecule has 0 radical (unpaired) electrons. The molecule has 1 N–H and O–H groups in total. The summed E-state index contributed by atoms with van der Waals surface area (Å²) in [5.41, 5.74) is 1.33. The predicted molar refractivity (Wildman–Crippen MR) is 101 cm³/mol. The fourth-order valence-electron chi connectivity index (χ4n) is 3.08. The first kappa shape index (κ1) is 18.4. The Bertz CT molecular complexity index is 863. The minimum absolute atomic E-state index is 0.0930. The maximum Gasteiger partial charge on any atom is 0.295 e. The third kappa shape index (κ3) is 3.43. The summed E-state index contributed by atoms with van der Waals surface area (Å²) >= 11 is 3.42. The topological polar surface area (TPSA) is 66.8 Å². The van der Waals surface area contributed by atoms with Crippen LogP contribution in [0.3, 0.4) is 0 Å². The van der Waals surface area contributed by atoms with Crippen molar-refractivity contribution in [2.75, 3.05) is 20.3 Å². The van der Waals surface area contributed by atoms with Crippen molar-refractivity contribution in [1.82, 2.24) is 4.90 Å². The Hall–Kier alpha value is -2.44. The Kier molecular flexibility index (Phi) is 5.54. The van der Waals surface area contributed by atoms with E-state index >= 15 is 0 Å². The van der Waals surface area contributed by atoms with Crippen LogP contribution in [-0.4, -0.2) is 42.0 Å². The fourth-order valence-corrected chi connectivity index (χ4v) is 3.49. The van der Waals surface area contributed by atoms with E-state index in [0.717, 1.165) is 10.0 Å². The van der Waals surface area contributed by atoms with E-state index in [1.807, 2.05) is 30.3 Å². The molecule has 0 spiro atoms. The van der Waals surface area contributed by atoms with Crippen molar-refractivity contribution in [1.29, 1.82) is 0 Å². The average Bonchev–Trinajstić information content (AvgIpc) is 2.91. The van der Waals surface area contributed by atoms with E-state index in [1.54, 1.807) is 24.3 Å². The number of benzene rings is 2. The van der Waals surface area contributed by atoms with Crippen molar-refractivity contribution in [2.24, 2.45) is 0 Å². The molecule has 1 heterocycles. The lowest BCUT2D eigenvalue weighted by atomic mass is 9.95. The van der Waals surface area contributed by atoms with Crippen molar-refractivity contribution < 1.29 is 19.4 Å². The molecule has 5 nitrogen and oxygen atoms in total. The summed E-state index contributed by atoms with van der Waals surface area (Å²) in [6.45, 7) is 0.548. The molecule has 2 aromatic carbocycles. The third-order valence-electron chi connectivity index (χ3n) is 4.29. The normalized spacial score (nSPS) is 19.2. The van der Waals surface area contributed by atoms with Gasteiger partial charge in [0.2, 0.25) is 0 Å². The van der Waals surface area contributed by atoms with Gasteiger partial charge in [0.25, 0.3) is 11.7 Å². The van der Waals surface area contributed by atoms with Crippen LogP contribution in [0.2, 0.25) is 0 Å². The predicted octanol–water partition coefficient (Wildman–Crippen LogP) is 3.52. The highest BCUT2D eigenvalue weighted by Gasteiger charge is 2.45. The quantitative estimate of drug-likeness (QED) is 0.460. The number of ketones is 1. The number of Topliss-reactive ketones (excluding diaryl/α,β-unsaturated/α-hetero) is 1. The van der Waals surface area contributed by atoms with Crippen molar-refractivity contribution in [2.45, 2.75) is 6.04 Å². The van der Waals surface area contributed by atoms with Gasteiger partial charge in [-0.1, -0.05) is 58.4 Å². The van der Waals surface area contributed by atoms with Crippen LogP contribution in [0, 0.1) is 0 Å². The van der Waals surface area contributed by atoms with E-state index in [2.05, 4.69) is 15.9 Å². The maximum atomic E-state index is 12.7. The van der Waals surface area contributed by atoms with Crippen LogP contribution in [-0.2, 0) is 14.3 Å². The summed E-state index contributed by atoms with van der Waals surface area (Å²) in [6, 6.07) is 15.5. The first-order valence-electron chi connectivity index (χ1n) is 8.13. The highest BCUT2D eigenvalue weighted by atomic mass is 79.9. The van der Waals surface area contributed by atoms with Crippen molar-refractivity contribution >= 4 is 33.4 Å². The molecule has 1 aliphatic rings. The van der Waals surface area contributed by atoms with Crippen molar-refractivity contribution in [3.05, 3.63) is 75.8 Å². The molecule has 1 amide bonds. The lowest BCUT2D eigenvalue weighted by Gasteiger charge is -2.25. The highest BCUT2D eigenvalue weighted by Crippen LogP contribution is 2.39. The van der Waals surface area contributed by atoms with Gasteiger partial charge >= 0.3 is 0 Å². The molecule has 26 heavy (non-hydrogen) atoms. The molecule has 1 atom stereocenters. The van der Waals surface area contributed by atoms with E-state index in [0.29, 0.717) is 12.2 Å². The molecule has 3 rings (SSSR count). The second-order valence-electron chi connectivity index (χ2n) is 5.91. The molecule has 2 aromatic rings. The SMILES string of the molecule is COCCN1C(=O)C(=O)C(=C(O)c2ccccc2)[C@@H]1c1cccc(Br)c1. The van der Waals surface area contributed by atoms with Crippen LogP contribution in [0.1, 0.15) is 17.2 Å². The molecule has 6 heteroatoms. The van der Waals surface area contributed by atoms with Crippen LogP contribution in [0.25, 0.3) is 5.76 Å². The molecule has 0 bridgehead atoms. The Morgan fingerprint density at radius 3 is 2.54 bits per heavy atom. The van der Waals surface area contributed by atoms with Gasteiger partial charge in [-0.2, -0.15) is 0 Å². The molecule has 1 fully saturated rings. The smallest absolute Gasteiger partial charge is 0.295 e. The van der Waals surface area contributed by atoms with Crippen LogP contribution in [0.4, 0.5) is 0 Å². The van der Waals surface area contributed by atoms with E-state index < -0.39 is 17.7 Å². The van der Waals surface area contributed by atoms with Gasteiger partial charge < -0.3 is 14.7 Å². The Morgan fingerprint density at radius 1 is 1.15 bits per heavy atom. The van der Waals surface area contributed by atoms with Gasteiger partial charge in [-0.05, 0) is 17.7 Å². The standard InChI is InChI=1S/C20H18BrNO4/c1-26-11-10-22-17(14-8-5-9-15(21)12-14)16(19(24)20(22)25)18(23)13-6-3-2-4-7-13/h2-9,12,17,23H,10-11H2,1H3/t17-/m0/s1. The second kappa shape index (κ2) is 7.85. The Labute approximate surface area is 160 Å². The Morgan fingerprint density at radius 2 is 1.88 bits per heavy atom. The third-order valence-corrected chi connectivity index (χ3v) is 4.78. The monoisotopic (exact) mass is 415 g/mol. The van der Waals surface area contributed by atoms with Gasteiger partial charge in [0.15, 0.2) is 0 Å². The molecular weight excluding hydrogens is 398 g/mol. The second-order valence-corrected chi connectivity index (χ2v) is 6.82. The van der Waals surface area contributed by atoms with Gasteiger partial charge in [0.1, 0.15) is 5.76 Å². The number of hydrogen-bond acceptors (Lipinski definition) is 4. The van der Waals surface area contributed by atoms with E-state index in [-0.39, 0.29) is 17.9 Å². The highest BCUT2D eigenvalue weighted by molar-refractivity contribution is 9.10. The van der Waals surface area contributed by atoms with Gasteiger partial charge in [0, 0.05) is 23.7 Å². The van der Waals surface area contributed by atoms with E-state index in [9.17, 15) is 14.7 Å². The molecule has 1 saturated heterocycles. The number of carbonyl (C=O) groups excluding carboxylic acids is 2. The molecule has 1 aliphatic heterocycles. The number of nitrogens with zero attached hydrogens (tertiary/aromatic N) is 1. The van der Waals surface area contributed by atoms with Gasteiger partial charge in [-0.15, -0.1) is 0 Å². The summed E-state index contributed by atoms with van der Waals surface area (Å²) in [7, 11) is 1.54. The number of carbonyl (C=O) groups is 2. The van der Waals surface area contributed by atoms with E-state index in [1.165, 1.54) is 12.0 Å². The number of amides is 1. The molecule has 0 saturated carbocycles. The van der Waals surface area contributed by atoms with Crippen LogP contribution < -0.4 is 0 Å². The number of ether oxygens (including phenoxy) is 1. The number of rotatable bonds is 5. The summed E-state index contributed by atoms with van der Waals surface area (Å²) in [6.07, 6.45) is 0. The number of halogens is 1. The summed E-state index contributed by atoms with van der Waals surface area (Å²) in [4.78, 5) is 26.7. The largest absolute Gasteiger partial charge is 0.507 e. The molecule has 0 aromatic heterocycles. The first-order valence-corrected chi connectivity index (χ1v) is 8.92. The average molecular weight is 416 g/mol. The molecular formula is C20H18BrNO4. The van der Waals surface area contributed by atoms with Gasteiger partial charge in [-0.25, -0.2) is 0 Å². The number of likely N-dealkylation sites (tertiary alicyclic amines) is 1. The lowest BCUT2D eigenvalue weighted by Crippen LogP contribution is -2.32. The summed E-state index contributed by atoms with van der Waals surface area (Å²) in [5, 5.41) is 10.8. The Balaban J connectivity index is 2.16. The minimum Gasteiger partial charge on any atom is -0.507 e. The summed E-state index contributed by atoms with van der Waals surface area (Å²) < 4.78 is 5.91. The number of methoxy groups -OCH3 is 1. The van der Waals surface area contributed by atoms with Crippen LogP contribution in [0.15, 0.2) is 64.6 Å². The molecule has 0 aliphatic carbocycles. The van der Waals surface area contributed by atoms with E-state index in [4.69, 9.17) is 4.74 Å². The first-order chi connectivity index (χ1) is 12.5. The lowest BCUT2D eigenvalue weighted by molar-refractivity contribution is -0.140. The van der Waals surface area contributed by atoms with Gasteiger partial charge in [0.05, 0.1) is 18.2 Å². The van der Waals surface area contributed by atoms with Crippen molar-refractivity contribution in [3.63, 3.8) is 0 Å². The molecule has 0 unspecified atom stereocenters.